The van der Waals surface area contributed by atoms with Crippen LogP contribution in [0.5, 0.6) is 11.6 Å². The van der Waals surface area contributed by atoms with Crippen LogP contribution in [-0.4, -0.2) is 43.2 Å². The van der Waals surface area contributed by atoms with Gasteiger partial charge in [-0.15, -0.1) is 0 Å². The Hall–Kier alpha value is -2.84. The number of nitrogens with zero attached hydrogens (tertiary/aromatic N) is 1. The van der Waals surface area contributed by atoms with E-state index in [0.717, 1.165) is 12.8 Å². The molecule has 2 amide bonds. The number of methoxy groups -OCH3 is 1. The van der Waals surface area contributed by atoms with Crippen LogP contribution in [0.4, 0.5) is 11.4 Å². The van der Waals surface area contributed by atoms with Crippen molar-refractivity contribution in [2.45, 2.75) is 25.9 Å². The Kier molecular flexibility index (Phi) is 6.90. The first kappa shape index (κ1) is 20.9. The smallest absolute Gasteiger partial charge is 0.257 e. The molecule has 8 nitrogen and oxygen atoms in total. The summed E-state index contributed by atoms with van der Waals surface area (Å²) >= 11 is 6.27. The molecule has 0 atom stereocenters. The Morgan fingerprint density at radius 1 is 1.21 bits per heavy atom. The van der Waals surface area contributed by atoms with E-state index in [0.29, 0.717) is 36.2 Å². The first-order valence-electron chi connectivity index (χ1n) is 9.13. The van der Waals surface area contributed by atoms with Crippen LogP contribution in [0.1, 0.15) is 30.1 Å². The normalized spacial score (nSPS) is 14.2. The molecule has 1 aromatic carbocycles. The summed E-state index contributed by atoms with van der Waals surface area (Å²) in [7, 11) is 1.49. The molecule has 0 spiro atoms. The van der Waals surface area contributed by atoms with E-state index in [2.05, 4.69) is 15.6 Å². The molecular weight excluding hydrogens is 398 g/mol. The number of hydrogen-bond donors (Lipinski definition) is 2. The molecule has 1 aliphatic rings. The number of nitrogens with one attached hydrogen (secondary N) is 2. The third-order valence-corrected chi connectivity index (χ3v) is 4.56. The molecule has 0 bridgehead atoms. The van der Waals surface area contributed by atoms with Crippen LogP contribution < -0.4 is 20.1 Å². The number of carbonyl (C=O) groups is 2. The number of carbonyl (C=O) groups excluding carboxylic acids is 2. The van der Waals surface area contributed by atoms with Gasteiger partial charge in [0, 0.05) is 31.6 Å². The maximum Gasteiger partial charge on any atom is 0.257 e. The van der Waals surface area contributed by atoms with E-state index in [1.807, 2.05) is 0 Å². The van der Waals surface area contributed by atoms with Gasteiger partial charge in [-0.3, -0.25) is 9.59 Å². The minimum atomic E-state index is -0.421. The summed E-state index contributed by atoms with van der Waals surface area (Å²) in [5, 5.41) is 5.66. The van der Waals surface area contributed by atoms with Gasteiger partial charge in [0.1, 0.15) is 16.9 Å². The van der Waals surface area contributed by atoms with Crippen molar-refractivity contribution in [3.8, 4) is 11.6 Å². The fourth-order valence-corrected chi connectivity index (χ4v) is 3.08. The zero-order valence-corrected chi connectivity index (χ0v) is 16.9. The van der Waals surface area contributed by atoms with E-state index in [4.69, 9.17) is 25.8 Å². The Morgan fingerprint density at radius 3 is 2.62 bits per heavy atom. The number of halogens is 1. The highest BCUT2D eigenvalue weighted by atomic mass is 35.5. The van der Waals surface area contributed by atoms with Crippen molar-refractivity contribution >= 4 is 34.8 Å². The molecular formula is C20H22ClN3O5. The maximum atomic E-state index is 12.7. The van der Waals surface area contributed by atoms with Crippen molar-refractivity contribution in [2.24, 2.45) is 0 Å². The van der Waals surface area contributed by atoms with Gasteiger partial charge in [0.25, 0.3) is 5.91 Å². The second-order valence-corrected chi connectivity index (χ2v) is 6.90. The lowest BCUT2D eigenvalue weighted by molar-refractivity contribution is -0.114. The monoisotopic (exact) mass is 419 g/mol. The molecule has 0 aliphatic carbocycles. The van der Waals surface area contributed by atoms with Crippen molar-refractivity contribution in [1.29, 1.82) is 0 Å². The largest absolute Gasteiger partial charge is 0.495 e. The predicted octanol–water partition coefficient (Wildman–Crippen LogP) is 3.51. The van der Waals surface area contributed by atoms with E-state index in [1.54, 1.807) is 18.2 Å². The topological polar surface area (TPSA) is 98.8 Å². The molecule has 3 rings (SSSR count). The highest BCUT2D eigenvalue weighted by molar-refractivity contribution is 6.32. The molecule has 1 fully saturated rings. The number of hydrogen-bond acceptors (Lipinski definition) is 6. The second kappa shape index (κ2) is 9.58. The molecule has 0 radical (unpaired) electrons. The molecule has 29 heavy (non-hydrogen) atoms. The lowest BCUT2D eigenvalue weighted by Gasteiger charge is -2.23. The van der Waals surface area contributed by atoms with Crippen molar-refractivity contribution in [3.05, 3.63) is 41.0 Å². The van der Waals surface area contributed by atoms with E-state index in [-0.39, 0.29) is 22.6 Å². The summed E-state index contributed by atoms with van der Waals surface area (Å²) in [5.41, 5.74) is 1.20. The molecule has 9 heteroatoms. The summed E-state index contributed by atoms with van der Waals surface area (Å²) in [6.07, 6.45) is 2.93. The minimum absolute atomic E-state index is 0.00537. The molecule has 0 saturated carbocycles. The van der Waals surface area contributed by atoms with Crippen LogP contribution >= 0.6 is 11.6 Å². The zero-order chi connectivity index (χ0) is 20.8. The van der Waals surface area contributed by atoms with Crippen molar-refractivity contribution in [2.75, 3.05) is 31.0 Å². The van der Waals surface area contributed by atoms with E-state index < -0.39 is 5.91 Å². The number of pyridine rings is 1. The SMILES string of the molecule is COc1ccc(NC(C)=O)cc1NC(=O)c1cnc(OC2CCOCC2)c(Cl)c1. The van der Waals surface area contributed by atoms with Crippen LogP contribution in [0.2, 0.25) is 5.02 Å². The Balaban J connectivity index is 1.73. The van der Waals surface area contributed by atoms with Crippen LogP contribution in [-0.2, 0) is 9.53 Å². The zero-order valence-electron chi connectivity index (χ0n) is 16.2. The van der Waals surface area contributed by atoms with Gasteiger partial charge in [0.15, 0.2) is 0 Å². The first-order chi connectivity index (χ1) is 14.0. The molecule has 154 valence electrons. The molecule has 0 unspecified atom stereocenters. The summed E-state index contributed by atoms with van der Waals surface area (Å²) in [5.74, 6) is 0.102. The minimum Gasteiger partial charge on any atom is -0.495 e. The third-order valence-electron chi connectivity index (χ3n) is 4.28. The van der Waals surface area contributed by atoms with Gasteiger partial charge >= 0.3 is 0 Å². The van der Waals surface area contributed by atoms with E-state index in [1.165, 1.54) is 26.3 Å². The number of ether oxygens (including phenoxy) is 3. The number of anilines is 2. The Labute approximate surface area is 173 Å². The molecule has 1 aliphatic heterocycles. The molecule has 1 aromatic heterocycles. The fourth-order valence-electron chi connectivity index (χ4n) is 2.87. The van der Waals surface area contributed by atoms with Crippen LogP contribution in [0, 0.1) is 0 Å². The second-order valence-electron chi connectivity index (χ2n) is 6.49. The summed E-state index contributed by atoms with van der Waals surface area (Å²) in [6.45, 7) is 2.68. The van der Waals surface area contributed by atoms with Gasteiger partial charge < -0.3 is 24.8 Å². The van der Waals surface area contributed by atoms with Gasteiger partial charge in [0.2, 0.25) is 11.8 Å². The molecule has 2 aromatic rings. The van der Waals surface area contributed by atoms with Gasteiger partial charge in [-0.05, 0) is 24.3 Å². The van der Waals surface area contributed by atoms with Gasteiger partial charge in [-0.2, -0.15) is 0 Å². The number of rotatable bonds is 6. The first-order valence-corrected chi connectivity index (χ1v) is 9.51. The highest BCUT2D eigenvalue weighted by Crippen LogP contribution is 2.29. The summed E-state index contributed by atoms with van der Waals surface area (Å²) in [4.78, 5) is 28.1. The standard InChI is InChI=1S/C20H22ClN3O5/c1-12(25)23-14-3-4-18(27-2)17(10-14)24-19(26)13-9-16(21)20(22-11-13)29-15-5-7-28-8-6-15/h3-4,9-11,15H,5-8H2,1-2H3,(H,23,25)(H,24,26). The molecule has 2 heterocycles. The molecule has 2 N–H and O–H groups in total. The Morgan fingerprint density at radius 2 is 1.97 bits per heavy atom. The van der Waals surface area contributed by atoms with Crippen LogP contribution in [0.15, 0.2) is 30.5 Å². The van der Waals surface area contributed by atoms with Crippen LogP contribution in [0.3, 0.4) is 0 Å². The average molecular weight is 420 g/mol. The van der Waals surface area contributed by atoms with Gasteiger partial charge in [0.05, 0.1) is 31.6 Å². The predicted molar refractivity (Wildman–Crippen MR) is 109 cm³/mol. The quantitative estimate of drug-likeness (QED) is 0.743. The summed E-state index contributed by atoms with van der Waals surface area (Å²) in [6, 6.07) is 6.44. The van der Waals surface area contributed by atoms with Gasteiger partial charge in [-0.1, -0.05) is 11.6 Å². The van der Waals surface area contributed by atoms with E-state index >= 15 is 0 Å². The van der Waals surface area contributed by atoms with Crippen molar-refractivity contribution in [3.63, 3.8) is 0 Å². The summed E-state index contributed by atoms with van der Waals surface area (Å²) < 4.78 is 16.4. The number of amides is 2. The van der Waals surface area contributed by atoms with Crippen LogP contribution in [0.25, 0.3) is 0 Å². The number of benzene rings is 1. The molecule has 1 saturated heterocycles. The lowest BCUT2D eigenvalue weighted by Crippen LogP contribution is -2.26. The highest BCUT2D eigenvalue weighted by Gasteiger charge is 2.19. The Bertz CT molecular complexity index is 900. The third kappa shape index (κ3) is 5.58. The van der Waals surface area contributed by atoms with Gasteiger partial charge in [-0.25, -0.2) is 4.98 Å². The average Bonchev–Trinajstić information content (AvgIpc) is 2.70. The van der Waals surface area contributed by atoms with Crippen molar-refractivity contribution in [1.82, 2.24) is 4.98 Å². The van der Waals surface area contributed by atoms with Crippen molar-refractivity contribution < 1.29 is 23.8 Å². The number of aromatic nitrogens is 1. The lowest BCUT2D eigenvalue weighted by atomic mass is 10.1. The fraction of sp³-hybridized carbons (Fsp3) is 0.350. The maximum absolute atomic E-state index is 12.7. The van der Waals surface area contributed by atoms with E-state index in [9.17, 15) is 9.59 Å².